The third-order valence-electron chi connectivity index (χ3n) is 1.38. The third-order valence-corrected chi connectivity index (χ3v) is 2.21. The summed E-state index contributed by atoms with van der Waals surface area (Å²) >= 11 is 0. The zero-order valence-corrected chi connectivity index (χ0v) is 7.75. The van der Waals surface area contributed by atoms with Gasteiger partial charge < -0.3 is 9.79 Å². The molecule has 0 unspecified atom stereocenters. The maximum atomic E-state index is 10.8. The van der Waals surface area contributed by atoms with Crippen molar-refractivity contribution in [3.63, 3.8) is 0 Å². The average Bonchev–Trinajstić information content (AvgIpc) is 1.82. The van der Waals surface area contributed by atoms with E-state index >= 15 is 0 Å². The quantitative estimate of drug-likeness (QED) is 0.628. The molecule has 0 amide bonds. The Bertz CT molecular complexity index is 324. The number of aromatic nitrogens is 1. The highest BCUT2D eigenvalue weighted by Gasteiger charge is 2.18. The smallest absolute Gasteiger partial charge is 0.320 e. The van der Waals surface area contributed by atoms with Gasteiger partial charge in [-0.15, -0.1) is 0 Å². The highest BCUT2D eigenvalue weighted by atomic mass is 31.2. The maximum Gasteiger partial charge on any atom is 0.374 e. The van der Waals surface area contributed by atoms with Crippen LogP contribution < -0.4 is 5.44 Å². The first kappa shape index (κ1) is 9.39. The Morgan fingerprint density at radius 3 is 2.33 bits per heavy atom. The van der Waals surface area contributed by atoms with Crippen molar-refractivity contribution in [1.29, 1.82) is 0 Å². The van der Waals surface area contributed by atoms with Crippen molar-refractivity contribution in [2.75, 3.05) is 0 Å². The van der Waals surface area contributed by atoms with Crippen LogP contribution in [-0.4, -0.2) is 14.8 Å². The summed E-state index contributed by atoms with van der Waals surface area (Å²) in [7, 11) is -4.18. The van der Waals surface area contributed by atoms with Gasteiger partial charge in [0.15, 0.2) is 5.44 Å². The first-order valence-electron chi connectivity index (χ1n) is 3.41. The van der Waals surface area contributed by atoms with Gasteiger partial charge in [-0.05, 0) is 31.5 Å². The van der Waals surface area contributed by atoms with Crippen LogP contribution in [0.1, 0.15) is 11.3 Å². The molecule has 1 aromatic rings. The van der Waals surface area contributed by atoms with Crippen LogP contribution in [0.25, 0.3) is 0 Å². The first-order valence-corrected chi connectivity index (χ1v) is 5.02. The molecular formula is C7H10NO3P. The van der Waals surface area contributed by atoms with Gasteiger partial charge in [-0.2, -0.15) is 0 Å². The minimum Gasteiger partial charge on any atom is -0.320 e. The molecule has 12 heavy (non-hydrogen) atoms. The molecule has 1 aromatic heterocycles. The summed E-state index contributed by atoms with van der Waals surface area (Å²) in [6.45, 7) is 3.47. The van der Waals surface area contributed by atoms with E-state index in [1.807, 2.05) is 0 Å². The minimum absolute atomic E-state index is 0.153. The lowest BCUT2D eigenvalue weighted by Crippen LogP contribution is -2.10. The van der Waals surface area contributed by atoms with E-state index in [1.54, 1.807) is 19.9 Å². The normalized spacial score (nSPS) is 11.7. The topological polar surface area (TPSA) is 70.4 Å². The van der Waals surface area contributed by atoms with E-state index in [1.165, 1.54) is 6.07 Å². The first-order chi connectivity index (χ1) is 5.39. The van der Waals surface area contributed by atoms with Gasteiger partial charge in [-0.3, -0.25) is 4.57 Å². The van der Waals surface area contributed by atoms with Gasteiger partial charge in [0.2, 0.25) is 0 Å². The van der Waals surface area contributed by atoms with Gasteiger partial charge in [-0.1, -0.05) is 0 Å². The van der Waals surface area contributed by atoms with Crippen LogP contribution in [0.5, 0.6) is 0 Å². The second kappa shape index (κ2) is 2.98. The molecular weight excluding hydrogens is 177 g/mol. The molecule has 0 bridgehead atoms. The summed E-state index contributed by atoms with van der Waals surface area (Å²) in [4.78, 5) is 21.3. The third kappa shape index (κ3) is 2.14. The van der Waals surface area contributed by atoms with Crippen molar-refractivity contribution in [2.45, 2.75) is 13.8 Å². The van der Waals surface area contributed by atoms with Crippen LogP contribution in [0.2, 0.25) is 0 Å². The van der Waals surface area contributed by atoms with Crippen molar-refractivity contribution in [2.24, 2.45) is 0 Å². The number of rotatable bonds is 1. The molecule has 1 rings (SSSR count). The Morgan fingerprint density at radius 2 is 1.92 bits per heavy atom. The lowest BCUT2D eigenvalue weighted by Gasteiger charge is -2.04. The molecule has 1 heterocycles. The van der Waals surface area contributed by atoms with Crippen LogP contribution >= 0.6 is 7.60 Å². The van der Waals surface area contributed by atoms with Crippen molar-refractivity contribution >= 4 is 13.0 Å². The Labute approximate surface area is 70.4 Å². The molecule has 2 N–H and O–H groups in total. The number of aryl methyl sites for hydroxylation is 2. The molecule has 0 spiro atoms. The molecule has 4 nitrogen and oxygen atoms in total. The summed E-state index contributed by atoms with van der Waals surface area (Å²) in [6.07, 6.45) is 0. The Morgan fingerprint density at radius 1 is 1.33 bits per heavy atom. The molecule has 0 aromatic carbocycles. The Kier molecular flexibility index (Phi) is 2.33. The van der Waals surface area contributed by atoms with Gasteiger partial charge in [0.05, 0.1) is 0 Å². The van der Waals surface area contributed by atoms with Crippen molar-refractivity contribution in [1.82, 2.24) is 4.98 Å². The fraction of sp³-hybridized carbons (Fsp3) is 0.286. The predicted molar refractivity (Wildman–Crippen MR) is 45.4 cm³/mol. The highest BCUT2D eigenvalue weighted by molar-refractivity contribution is 7.60. The van der Waals surface area contributed by atoms with E-state index in [2.05, 4.69) is 4.98 Å². The predicted octanol–water partition coefficient (Wildman–Crippen LogP) is 0.501. The molecule has 66 valence electrons. The van der Waals surface area contributed by atoms with E-state index in [9.17, 15) is 4.57 Å². The molecule has 0 saturated heterocycles. The highest BCUT2D eigenvalue weighted by Crippen LogP contribution is 2.32. The monoisotopic (exact) mass is 187 g/mol. The van der Waals surface area contributed by atoms with E-state index < -0.39 is 7.60 Å². The van der Waals surface area contributed by atoms with Crippen LogP contribution in [0.15, 0.2) is 12.1 Å². The van der Waals surface area contributed by atoms with Crippen LogP contribution in [-0.2, 0) is 4.57 Å². The van der Waals surface area contributed by atoms with Crippen LogP contribution in [0, 0.1) is 13.8 Å². The molecule has 5 heteroatoms. The molecule has 0 aliphatic rings. The second-order valence-electron chi connectivity index (χ2n) is 2.69. The molecule has 0 radical (unpaired) electrons. The molecule has 0 saturated carbocycles. The second-order valence-corrected chi connectivity index (χ2v) is 4.23. The summed E-state index contributed by atoms with van der Waals surface area (Å²) in [5, 5.41) is 0. The lowest BCUT2D eigenvalue weighted by molar-refractivity contribution is 0.386. The van der Waals surface area contributed by atoms with E-state index in [4.69, 9.17) is 9.79 Å². The van der Waals surface area contributed by atoms with Gasteiger partial charge in [0.25, 0.3) is 0 Å². The van der Waals surface area contributed by atoms with Crippen LogP contribution in [0.4, 0.5) is 0 Å². The summed E-state index contributed by atoms with van der Waals surface area (Å²) in [5.41, 5.74) is 1.27. The Hall–Kier alpha value is -0.700. The van der Waals surface area contributed by atoms with E-state index in [-0.39, 0.29) is 5.44 Å². The maximum absolute atomic E-state index is 10.8. The van der Waals surface area contributed by atoms with E-state index in [0.717, 1.165) is 5.56 Å². The van der Waals surface area contributed by atoms with Crippen molar-refractivity contribution in [3.05, 3.63) is 23.4 Å². The number of pyridine rings is 1. The summed E-state index contributed by atoms with van der Waals surface area (Å²) in [6, 6.07) is 3.16. The zero-order chi connectivity index (χ0) is 9.35. The SMILES string of the molecule is Cc1cc(C)nc(P(=O)(O)O)c1. The fourth-order valence-electron chi connectivity index (χ4n) is 0.969. The zero-order valence-electron chi connectivity index (χ0n) is 6.85. The molecule has 0 aliphatic heterocycles. The fourth-order valence-corrected chi connectivity index (χ4v) is 1.63. The Balaban J connectivity index is 3.27. The minimum atomic E-state index is -4.18. The molecule has 0 fully saturated rings. The van der Waals surface area contributed by atoms with E-state index in [0.29, 0.717) is 5.69 Å². The molecule has 0 aliphatic carbocycles. The summed E-state index contributed by atoms with van der Waals surface area (Å²) in [5.74, 6) is 0. The molecule has 0 atom stereocenters. The standard InChI is InChI=1S/C7H10NO3P/c1-5-3-6(2)8-7(4-5)12(9,10)11/h3-4H,1-2H3,(H2,9,10,11). The van der Waals surface area contributed by atoms with Gasteiger partial charge in [-0.25, -0.2) is 4.98 Å². The van der Waals surface area contributed by atoms with Crippen LogP contribution in [0.3, 0.4) is 0 Å². The average molecular weight is 187 g/mol. The number of hydrogen-bond donors (Lipinski definition) is 2. The van der Waals surface area contributed by atoms with Gasteiger partial charge in [0, 0.05) is 5.69 Å². The van der Waals surface area contributed by atoms with Crippen molar-refractivity contribution in [3.8, 4) is 0 Å². The lowest BCUT2D eigenvalue weighted by atomic mass is 10.3. The van der Waals surface area contributed by atoms with Crippen molar-refractivity contribution < 1.29 is 14.4 Å². The summed E-state index contributed by atoms with van der Waals surface area (Å²) < 4.78 is 10.8. The number of hydrogen-bond acceptors (Lipinski definition) is 2. The van der Waals surface area contributed by atoms with Gasteiger partial charge >= 0.3 is 7.60 Å². The largest absolute Gasteiger partial charge is 0.374 e. The number of nitrogens with zero attached hydrogens (tertiary/aromatic N) is 1. The van der Waals surface area contributed by atoms with Gasteiger partial charge in [0.1, 0.15) is 0 Å².